The monoisotopic (exact) mass is 559 g/mol. The molecule has 0 saturated heterocycles. The van der Waals surface area contributed by atoms with Crippen LogP contribution in [-0.4, -0.2) is 37.1 Å². The van der Waals surface area contributed by atoms with Gasteiger partial charge in [-0.25, -0.2) is 19.9 Å². The maximum absolute atomic E-state index is 14.1. The van der Waals surface area contributed by atoms with Gasteiger partial charge in [0.15, 0.2) is 5.69 Å². The first-order valence-corrected chi connectivity index (χ1v) is 13.1. The summed E-state index contributed by atoms with van der Waals surface area (Å²) in [5, 5.41) is 11.9. The van der Waals surface area contributed by atoms with Crippen molar-refractivity contribution in [3.63, 3.8) is 0 Å². The van der Waals surface area contributed by atoms with Crippen LogP contribution in [0.3, 0.4) is 0 Å². The number of hydrogen-bond donors (Lipinski definition) is 3. The summed E-state index contributed by atoms with van der Waals surface area (Å²) in [4.78, 5) is 35.6. The molecule has 0 unspecified atom stereocenters. The van der Waals surface area contributed by atoms with Crippen molar-refractivity contribution in [2.45, 2.75) is 57.8 Å². The van der Waals surface area contributed by atoms with Crippen molar-refractivity contribution in [3.05, 3.63) is 51.8 Å². The number of rotatable bonds is 7. The van der Waals surface area contributed by atoms with Crippen LogP contribution in [0.4, 0.5) is 19.0 Å². The van der Waals surface area contributed by atoms with Gasteiger partial charge < -0.3 is 15.1 Å². The molecule has 0 bridgehead atoms. The lowest BCUT2D eigenvalue weighted by Crippen LogP contribution is -2.30. The number of carbonyl (C=O) groups is 1. The highest BCUT2D eigenvalue weighted by atomic mass is 32.1. The van der Waals surface area contributed by atoms with Gasteiger partial charge in [0, 0.05) is 54.8 Å². The highest BCUT2D eigenvalue weighted by Gasteiger charge is 2.38. The first-order chi connectivity index (χ1) is 18.7. The number of aromatic amines is 1. The fraction of sp³-hybridized carbons (Fsp3) is 0.360. The van der Waals surface area contributed by atoms with E-state index in [0.29, 0.717) is 22.3 Å². The minimum absolute atomic E-state index is 0.00315. The summed E-state index contributed by atoms with van der Waals surface area (Å²) in [7, 11) is 0. The number of nitrogens with zero attached hydrogens (tertiary/aromatic N) is 4. The number of pyridine rings is 2. The van der Waals surface area contributed by atoms with Gasteiger partial charge in [-0.2, -0.15) is 13.2 Å². The Balaban J connectivity index is 1.58. The summed E-state index contributed by atoms with van der Waals surface area (Å²) >= 11 is 0.937. The third-order valence-corrected chi connectivity index (χ3v) is 7.38. The maximum atomic E-state index is 14.1. The lowest BCUT2D eigenvalue weighted by atomic mass is 9.95. The van der Waals surface area contributed by atoms with Gasteiger partial charge in [0.25, 0.3) is 5.89 Å². The number of alkyl halides is 3. The van der Waals surface area contributed by atoms with Gasteiger partial charge in [-0.1, -0.05) is 19.3 Å². The first kappa shape index (κ1) is 26.7. The standard InChI is InChI=1S/C25H24F3N7O3S/c1-13(36)32-20-8-17(18(11-31-20)14-7-15(10-29-9-14)22-34-35-24(37)38-22)23-33-21(25(26,27)28)19(39-23)12-30-16-5-3-2-4-6-16/h7-11,16,30H,2-6,12H2,1H3,(H,35,37)(H,31,32,36). The molecule has 5 rings (SSSR count). The fourth-order valence-electron chi connectivity index (χ4n) is 4.52. The molecule has 0 atom stereocenters. The van der Waals surface area contributed by atoms with E-state index < -0.39 is 17.6 Å². The molecule has 1 amide bonds. The summed E-state index contributed by atoms with van der Waals surface area (Å²) in [6.45, 7) is 1.35. The van der Waals surface area contributed by atoms with Gasteiger partial charge in [0.05, 0.1) is 10.4 Å². The Bertz CT molecular complexity index is 1540. The molecule has 39 heavy (non-hydrogen) atoms. The van der Waals surface area contributed by atoms with Crippen molar-refractivity contribution >= 4 is 23.1 Å². The summed E-state index contributed by atoms with van der Waals surface area (Å²) < 4.78 is 47.2. The third kappa shape index (κ3) is 6.23. The SMILES string of the molecule is CC(=O)Nc1cc(-c2nc(C(F)(F)F)c(CNC3CCCCC3)s2)c(-c2cncc(-c3n[nH]c(=O)o3)c2)cn1. The van der Waals surface area contributed by atoms with Crippen LogP contribution in [0.15, 0.2) is 39.9 Å². The first-order valence-electron chi connectivity index (χ1n) is 12.3. The normalized spacial score (nSPS) is 14.5. The van der Waals surface area contributed by atoms with E-state index in [0.717, 1.165) is 43.4 Å². The molecule has 204 valence electrons. The van der Waals surface area contributed by atoms with E-state index in [1.165, 1.54) is 31.6 Å². The molecular formula is C25H24F3N7O3S. The Morgan fingerprint density at radius 2 is 1.90 bits per heavy atom. The van der Waals surface area contributed by atoms with Crippen LogP contribution >= 0.6 is 11.3 Å². The Hall–Kier alpha value is -3.91. The number of aromatic nitrogens is 5. The maximum Gasteiger partial charge on any atom is 0.434 e. The van der Waals surface area contributed by atoms with Gasteiger partial charge in [-0.3, -0.25) is 9.78 Å². The van der Waals surface area contributed by atoms with E-state index in [4.69, 9.17) is 4.42 Å². The van der Waals surface area contributed by atoms with Crippen molar-refractivity contribution in [2.75, 3.05) is 5.32 Å². The molecule has 1 aliphatic carbocycles. The van der Waals surface area contributed by atoms with E-state index >= 15 is 0 Å². The third-order valence-electron chi connectivity index (χ3n) is 6.30. The zero-order chi connectivity index (χ0) is 27.6. The van der Waals surface area contributed by atoms with E-state index in [-0.39, 0.29) is 40.1 Å². The smallest absolute Gasteiger partial charge is 0.388 e. The average molecular weight is 560 g/mol. The lowest BCUT2D eigenvalue weighted by Gasteiger charge is -2.22. The van der Waals surface area contributed by atoms with Crippen LogP contribution in [0.2, 0.25) is 0 Å². The zero-order valence-corrected chi connectivity index (χ0v) is 21.6. The highest BCUT2D eigenvalue weighted by Crippen LogP contribution is 2.41. The van der Waals surface area contributed by atoms with Crippen LogP contribution in [0.5, 0.6) is 0 Å². The number of hydrogen-bond acceptors (Lipinski definition) is 9. The number of H-pyrrole nitrogens is 1. The van der Waals surface area contributed by atoms with E-state index in [1.54, 1.807) is 6.07 Å². The van der Waals surface area contributed by atoms with Gasteiger partial charge in [0.2, 0.25) is 5.91 Å². The minimum Gasteiger partial charge on any atom is -0.388 e. The number of amides is 1. The second-order valence-corrected chi connectivity index (χ2v) is 10.3. The molecule has 0 spiro atoms. The predicted molar refractivity (Wildman–Crippen MR) is 138 cm³/mol. The highest BCUT2D eigenvalue weighted by molar-refractivity contribution is 7.15. The summed E-state index contributed by atoms with van der Waals surface area (Å²) in [6.07, 6.45) is 4.82. The molecule has 0 radical (unpaired) electrons. The molecule has 1 saturated carbocycles. The summed E-state index contributed by atoms with van der Waals surface area (Å²) in [5.74, 6) is -0.960. The van der Waals surface area contributed by atoms with Crippen LogP contribution in [0.1, 0.15) is 49.6 Å². The number of carbonyl (C=O) groups excluding carboxylic acids is 1. The van der Waals surface area contributed by atoms with E-state index in [9.17, 15) is 22.8 Å². The van der Waals surface area contributed by atoms with Crippen molar-refractivity contribution in [2.24, 2.45) is 0 Å². The molecule has 4 aromatic heterocycles. The quantitative estimate of drug-likeness (QED) is 0.287. The van der Waals surface area contributed by atoms with Crippen molar-refractivity contribution in [1.82, 2.24) is 30.5 Å². The van der Waals surface area contributed by atoms with Crippen molar-refractivity contribution in [3.8, 4) is 33.2 Å². The molecule has 3 N–H and O–H groups in total. The van der Waals surface area contributed by atoms with Gasteiger partial charge in [-0.15, -0.1) is 16.4 Å². The Morgan fingerprint density at radius 1 is 1.13 bits per heavy atom. The molecule has 0 aromatic carbocycles. The predicted octanol–water partition coefficient (Wildman–Crippen LogP) is 5.01. The molecule has 14 heteroatoms. The Kier molecular flexibility index (Phi) is 7.57. The zero-order valence-electron chi connectivity index (χ0n) is 20.8. The number of anilines is 1. The lowest BCUT2D eigenvalue weighted by molar-refractivity contribution is -0.141. The van der Waals surface area contributed by atoms with Crippen molar-refractivity contribution < 1.29 is 22.4 Å². The van der Waals surface area contributed by atoms with Gasteiger partial charge in [-0.05, 0) is 25.0 Å². The van der Waals surface area contributed by atoms with E-state index in [1.807, 2.05) is 0 Å². The molecule has 1 fully saturated rings. The molecule has 0 aliphatic heterocycles. The van der Waals surface area contributed by atoms with Gasteiger partial charge in [0.1, 0.15) is 10.8 Å². The Labute approximate surface area is 224 Å². The van der Waals surface area contributed by atoms with Crippen LogP contribution in [-0.2, 0) is 17.5 Å². The topological polar surface area (TPSA) is 139 Å². The minimum atomic E-state index is -4.65. The number of thiazole rings is 1. The van der Waals surface area contributed by atoms with Crippen molar-refractivity contribution in [1.29, 1.82) is 0 Å². The molecule has 10 nitrogen and oxygen atoms in total. The van der Waals surface area contributed by atoms with Crippen LogP contribution in [0, 0.1) is 0 Å². The largest absolute Gasteiger partial charge is 0.434 e. The van der Waals surface area contributed by atoms with Crippen LogP contribution in [0.25, 0.3) is 33.2 Å². The fourth-order valence-corrected chi connectivity index (χ4v) is 5.58. The number of nitrogens with one attached hydrogen (secondary N) is 3. The number of halogens is 3. The Morgan fingerprint density at radius 3 is 2.59 bits per heavy atom. The second-order valence-electron chi connectivity index (χ2n) is 9.18. The molecular weight excluding hydrogens is 535 g/mol. The summed E-state index contributed by atoms with van der Waals surface area (Å²) in [6, 6.07) is 3.27. The molecule has 1 aliphatic rings. The van der Waals surface area contributed by atoms with Crippen LogP contribution < -0.4 is 16.4 Å². The molecule has 4 heterocycles. The molecule has 4 aromatic rings. The second kappa shape index (κ2) is 11.1. The van der Waals surface area contributed by atoms with E-state index in [2.05, 4.69) is 35.8 Å². The summed E-state index contributed by atoms with van der Waals surface area (Å²) in [5.41, 5.74) is 0.650. The van der Waals surface area contributed by atoms with Gasteiger partial charge >= 0.3 is 11.9 Å². The average Bonchev–Trinajstić information content (AvgIpc) is 3.54.